The van der Waals surface area contributed by atoms with E-state index in [4.69, 9.17) is 0 Å². The van der Waals surface area contributed by atoms with Crippen molar-refractivity contribution < 1.29 is 0 Å². The van der Waals surface area contributed by atoms with Crippen LogP contribution in [0.4, 0.5) is 0 Å². The van der Waals surface area contributed by atoms with Crippen molar-refractivity contribution in [3.05, 3.63) is 152 Å². The van der Waals surface area contributed by atoms with Crippen molar-refractivity contribution in [1.82, 2.24) is 4.57 Å². The Morgan fingerprint density at radius 3 is 2.39 bits per heavy atom. The molecule has 0 N–H and O–H groups in total. The molecule has 7 rings (SSSR count). The maximum atomic E-state index is 4.12. The topological polar surface area (TPSA) is 4.93 Å². The number of hydrogen-bond acceptors (Lipinski definition) is 0. The van der Waals surface area contributed by atoms with Gasteiger partial charge in [0.15, 0.2) is 0 Å². The van der Waals surface area contributed by atoms with Crippen molar-refractivity contribution in [3.63, 3.8) is 0 Å². The van der Waals surface area contributed by atoms with Gasteiger partial charge in [-0.25, -0.2) is 0 Å². The van der Waals surface area contributed by atoms with Gasteiger partial charge >= 0.3 is 0 Å². The van der Waals surface area contributed by atoms with Crippen LogP contribution < -0.4 is 0 Å². The summed E-state index contributed by atoms with van der Waals surface area (Å²) < 4.78 is 2.46. The van der Waals surface area contributed by atoms with E-state index in [1.54, 1.807) is 6.08 Å². The predicted octanol–water partition coefficient (Wildman–Crippen LogP) is 9.47. The van der Waals surface area contributed by atoms with Crippen LogP contribution in [0.25, 0.3) is 27.9 Å². The van der Waals surface area contributed by atoms with E-state index in [2.05, 4.69) is 134 Å². The van der Waals surface area contributed by atoms with Crippen molar-refractivity contribution >= 4 is 16.6 Å². The number of nitrogens with zero attached hydrogens (tertiary/aromatic N) is 1. The van der Waals surface area contributed by atoms with Gasteiger partial charge in [0.2, 0.25) is 0 Å². The van der Waals surface area contributed by atoms with E-state index < -0.39 is 0 Å². The van der Waals surface area contributed by atoms with E-state index >= 15 is 0 Å². The van der Waals surface area contributed by atoms with Crippen molar-refractivity contribution in [2.75, 3.05) is 0 Å². The van der Waals surface area contributed by atoms with Crippen LogP contribution >= 0.6 is 0 Å². The van der Waals surface area contributed by atoms with Gasteiger partial charge in [-0.3, -0.25) is 0 Å². The normalized spacial score (nSPS) is 28.7. The molecular formula is C37H33N. The van der Waals surface area contributed by atoms with Gasteiger partial charge in [0.05, 0.1) is 11.2 Å². The number of para-hydroxylation sites is 1. The molecule has 1 heteroatoms. The largest absolute Gasteiger partial charge is 0.310 e. The molecule has 0 saturated heterocycles. The Morgan fingerprint density at radius 2 is 1.61 bits per heavy atom. The predicted molar refractivity (Wildman–Crippen MR) is 161 cm³/mol. The highest BCUT2D eigenvalue weighted by molar-refractivity contribution is 5.92. The summed E-state index contributed by atoms with van der Waals surface area (Å²) in [5, 5.41) is 1.28. The molecule has 0 amide bonds. The lowest BCUT2D eigenvalue weighted by molar-refractivity contribution is 0.393. The maximum Gasteiger partial charge on any atom is 0.0540 e. The van der Waals surface area contributed by atoms with E-state index in [0.717, 1.165) is 17.6 Å². The minimum absolute atomic E-state index is 0.254. The molecule has 2 aromatic carbocycles. The molecule has 0 aliphatic heterocycles. The molecule has 0 radical (unpaired) electrons. The third-order valence-corrected chi connectivity index (χ3v) is 9.29. The zero-order valence-electron chi connectivity index (χ0n) is 21.8. The van der Waals surface area contributed by atoms with E-state index in [1.807, 2.05) is 0 Å². The maximum absolute atomic E-state index is 4.12. The van der Waals surface area contributed by atoms with Crippen LogP contribution in [0.15, 0.2) is 152 Å². The molecule has 186 valence electrons. The number of fused-ring (bicyclic) bond motifs is 4. The third-order valence-electron chi connectivity index (χ3n) is 9.29. The fourth-order valence-corrected chi connectivity index (χ4v) is 6.99. The lowest BCUT2D eigenvalue weighted by Crippen LogP contribution is -2.19. The van der Waals surface area contributed by atoms with Crippen LogP contribution in [0.2, 0.25) is 0 Å². The van der Waals surface area contributed by atoms with E-state index in [1.165, 1.54) is 46.3 Å². The smallest absolute Gasteiger partial charge is 0.0540 e. The Kier molecular flexibility index (Phi) is 5.13. The highest BCUT2D eigenvalue weighted by Crippen LogP contribution is 2.79. The molecule has 1 nitrogen and oxygen atoms in total. The molecule has 2 saturated carbocycles. The lowest BCUT2D eigenvalue weighted by Gasteiger charge is -2.26. The molecule has 1 aromatic heterocycles. The summed E-state index contributed by atoms with van der Waals surface area (Å²) in [5.41, 5.74) is 8.78. The zero-order chi connectivity index (χ0) is 25.9. The van der Waals surface area contributed by atoms with Crippen molar-refractivity contribution in [1.29, 1.82) is 0 Å². The van der Waals surface area contributed by atoms with Crippen LogP contribution in [0.3, 0.4) is 0 Å². The Labute approximate surface area is 225 Å². The highest BCUT2D eigenvalue weighted by Gasteiger charge is 2.72. The summed E-state index contributed by atoms with van der Waals surface area (Å²) >= 11 is 0. The molecule has 0 bridgehead atoms. The van der Waals surface area contributed by atoms with Crippen molar-refractivity contribution in [3.8, 4) is 11.3 Å². The van der Waals surface area contributed by atoms with Gasteiger partial charge in [0.25, 0.3) is 0 Å². The molecule has 4 aliphatic carbocycles. The average Bonchev–Trinajstić information content (AvgIpc) is 3.83. The van der Waals surface area contributed by atoms with Gasteiger partial charge in [0.1, 0.15) is 0 Å². The summed E-state index contributed by atoms with van der Waals surface area (Å²) in [7, 11) is 0. The number of hydrogen-bond donors (Lipinski definition) is 0. The first-order chi connectivity index (χ1) is 18.5. The van der Waals surface area contributed by atoms with Gasteiger partial charge in [-0.05, 0) is 71.6 Å². The standard InChI is InChI=1S/C37H33N/c1-4-26(2)27(3)16-17-28-11-10-19-36(24-31(36)21-28)37-20-18-33(23-32(37)25-37)38-34-15-9-8-14-30(34)22-35(38)29-12-6-5-7-13-29/h4-10,12-23,31-32H,1-3,11,24-25H2/b17-16+. The summed E-state index contributed by atoms with van der Waals surface area (Å²) in [5.74, 6) is 1.19. The van der Waals surface area contributed by atoms with Gasteiger partial charge in [-0.2, -0.15) is 0 Å². The second kappa shape index (κ2) is 8.46. The minimum atomic E-state index is 0.254. The molecule has 4 atom stereocenters. The summed E-state index contributed by atoms with van der Waals surface area (Å²) in [4.78, 5) is 0. The second-order valence-electron chi connectivity index (χ2n) is 11.4. The Balaban J connectivity index is 1.19. The van der Waals surface area contributed by atoms with Crippen LogP contribution in [0.5, 0.6) is 0 Å². The summed E-state index contributed by atoms with van der Waals surface area (Å²) in [6.45, 7) is 11.9. The van der Waals surface area contributed by atoms with Gasteiger partial charge < -0.3 is 4.57 Å². The molecular weight excluding hydrogens is 458 g/mol. The van der Waals surface area contributed by atoms with Crippen molar-refractivity contribution in [2.45, 2.75) is 19.3 Å². The molecule has 4 aliphatic rings. The fourth-order valence-electron chi connectivity index (χ4n) is 6.99. The van der Waals surface area contributed by atoms with Crippen molar-refractivity contribution in [2.24, 2.45) is 22.7 Å². The van der Waals surface area contributed by atoms with E-state index in [9.17, 15) is 0 Å². The number of rotatable bonds is 7. The summed E-state index contributed by atoms with van der Waals surface area (Å²) in [6.07, 6.45) is 24.5. The van der Waals surface area contributed by atoms with Crippen LogP contribution in [-0.4, -0.2) is 4.57 Å². The Bertz CT molecular complexity index is 1650. The SMILES string of the molecule is C=CC(=C)C(=C)/C=C/C1=CC2CC2(C23C=CC(n4c(-c5ccccc5)cc5ccccc54)=CC2C3)C=CC1. The first-order valence-corrected chi connectivity index (χ1v) is 13.7. The molecule has 4 unspecified atom stereocenters. The molecule has 3 aromatic rings. The van der Waals surface area contributed by atoms with Crippen LogP contribution in [0, 0.1) is 22.7 Å². The molecule has 38 heavy (non-hydrogen) atoms. The first kappa shape index (κ1) is 23.0. The van der Waals surface area contributed by atoms with Crippen LogP contribution in [0.1, 0.15) is 19.3 Å². The number of aromatic nitrogens is 1. The quantitative estimate of drug-likeness (QED) is 0.229. The molecule has 0 spiro atoms. The fraction of sp³-hybridized carbons (Fsp3) is 0.189. The zero-order valence-corrected chi connectivity index (χ0v) is 21.8. The Hall–Kier alpha value is -4.10. The number of allylic oxidation sites excluding steroid dienone is 13. The highest BCUT2D eigenvalue weighted by atomic mass is 15.0. The van der Waals surface area contributed by atoms with E-state index in [-0.39, 0.29) is 10.8 Å². The number of benzene rings is 2. The van der Waals surface area contributed by atoms with Gasteiger partial charge in [0, 0.05) is 21.9 Å². The third kappa shape index (κ3) is 3.45. The lowest BCUT2D eigenvalue weighted by atomic mass is 9.79. The van der Waals surface area contributed by atoms with Gasteiger partial charge in [-0.15, -0.1) is 0 Å². The summed E-state index contributed by atoms with van der Waals surface area (Å²) in [6, 6.07) is 21.8. The Morgan fingerprint density at radius 1 is 0.868 bits per heavy atom. The molecule has 2 fully saturated rings. The second-order valence-corrected chi connectivity index (χ2v) is 11.4. The van der Waals surface area contributed by atoms with E-state index in [0.29, 0.717) is 11.8 Å². The minimum Gasteiger partial charge on any atom is -0.310 e. The molecule has 1 heterocycles. The van der Waals surface area contributed by atoms with Gasteiger partial charge in [-0.1, -0.05) is 117 Å². The average molecular weight is 492 g/mol. The first-order valence-electron chi connectivity index (χ1n) is 13.7. The monoisotopic (exact) mass is 491 g/mol. The van der Waals surface area contributed by atoms with Crippen LogP contribution in [-0.2, 0) is 0 Å².